The monoisotopic (exact) mass is 328 g/mol. The van der Waals surface area contributed by atoms with Crippen molar-refractivity contribution in [1.29, 1.82) is 0 Å². The van der Waals surface area contributed by atoms with E-state index in [9.17, 15) is 4.79 Å². The molecule has 0 atom stereocenters. The Bertz CT molecular complexity index is 610. The second-order valence-corrected chi connectivity index (χ2v) is 5.07. The summed E-state index contributed by atoms with van der Waals surface area (Å²) in [6.45, 7) is 2.45. The summed E-state index contributed by atoms with van der Waals surface area (Å²) in [5, 5.41) is 9.30. The second kappa shape index (κ2) is 5.12. The minimum atomic E-state index is -0.981. The van der Waals surface area contributed by atoms with E-state index in [1.165, 1.54) is 6.07 Å². The van der Waals surface area contributed by atoms with Crippen LogP contribution < -0.4 is 0 Å². The first-order chi connectivity index (χ1) is 8.47. The quantitative estimate of drug-likeness (QED) is 0.939. The summed E-state index contributed by atoms with van der Waals surface area (Å²) in [6, 6.07) is 4.73. The van der Waals surface area contributed by atoms with Crippen molar-refractivity contribution in [2.75, 3.05) is 0 Å². The lowest BCUT2D eigenvalue weighted by molar-refractivity contribution is 0.0697. The van der Waals surface area contributed by atoms with Gasteiger partial charge in [-0.25, -0.2) is 9.78 Å². The van der Waals surface area contributed by atoms with Crippen LogP contribution in [-0.4, -0.2) is 20.6 Å². The lowest BCUT2D eigenvalue weighted by atomic mass is 10.1. The van der Waals surface area contributed by atoms with Crippen molar-refractivity contribution in [2.24, 2.45) is 0 Å². The maximum atomic E-state index is 10.8. The molecule has 6 heteroatoms. The Labute approximate surface area is 117 Å². The average Bonchev–Trinajstić information content (AvgIpc) is 2.60. The molecule has 18 heavy (non-hydrogen) atoms. The van der Waals surface area contributed by atoms with E-state index < -0.39 is 5.97 Å². The van der Waals surface area contributed by atoms with Crippen molar-refractivity contribution in [3.63, 3.8) is 0 Å². The fourth-order valence-corrected chi connectivity index (χ4v) is 2.37. The molecule has 0 unspecified atom stereocenters. The average molecular weight is 330 g/mol. The molecule has 0 fully saturated rings. The van der Waals surface area contributed by atoms with Crippen molar-refractivity contribution in [2.45, 2.75) is 13.5 Å². The van der Waals surface area contributed by atoms with Gasteiger partial charge in [0.2, 0.25) is 0 Å². The van der Waals surface area contributed by atoms with Crippen molar-refractivity contribution in [1.82, 2.24) is 9.55 Å². The van der Waals surface area contributed by atoms with Gasteiger partial charge in [0.05, 0.1) is 12.1 Å². The van der Waals surface area contributed by atoms with Crippen LogP contribution in [0.15, 0.2) is 29.0 Å². The predicted molar refractivity (Wildman–Crippen MR) is 72.2 cm³/mol. The highest BCUT2D eigenvalue weighted by molar-refractivity contribution is 9.10. The Morgan fingerprint density at radius 3 is 2.78 bits per heavy atom. The number of halogens is 2. The molecule has 94 valence electrons. The molecule has 0 aliphatic heterocycles. The molecule has 0 saturated heterocycles. The largest absolute Gasteiger partial charge is 0.478 e. The number of aromatic carboxylic acids is 1. The van der Waals surface area contributed by atoms with Gasteiger partial charge in [-0.1, -0.05) is 17.7 Å². The maximum Gasteiger partial charge on any atom is 0.335 e. The molecule has 0 aliphatic rings. The van der Waals surface area contributed by atoms with Crippen molar-refractivity contribution < 1.29 is 9.90 Å². The highest BCUT2D eigenvalue weighted by atomic mass is 79.9. The number of carboxylic acid groups (broad SMARTS) is 1. The van der Waals surface area contributed by atoms with Crippen LogP contribution in [0.1, 0.15) is 21.7 Å². The summed E-state index contributed by atoms with van der Waals surface area (Å²) in [5.74, 6) is -0.120. The lowest BCUT2D eigenvalue weighted by Gasteiger charge is -2.07. The molecule has 0 spiro atoms. The third-order valence-electron chi connectivity index (χ3n) is 2.59. The first kappa shape index (κ1) is 13.1. The van der Waals surface area contributed by atoms with Gasteiger partial charge in [-0.3, -0.25) is 0 Å². The molecular formula is C12H10BrClN2O2. The molecule has 0 radical (unpaired) electrons. The molecule has 0 aliphatic carbocycles. The highest BCUT2D eigenvalue weighted by Gasteiger charge is 2.09. The van der Waals surface area contributed by atoms with Gasteiger partial charge >= 0.3 is 5.97 Å². The number of aryl methyl sites for hydroxylation is 1. The van der Waals surface area contributed by atoms with Gasteiger partial charge < -0.3 is 9.67 Å². The summed E-state index contributed by atoms with van der Waals surface area (Å²) >= 11 is 9.38. The summed E-state index contributed by atoms with van der Waals surface area (Å²) in [7, 11) is 0. The van der Waals surface area contributed by atoms with Crippen molar-refractivity contribution in [3.8, 4) is 0 Å². The number of carboxylic acids is 1. The van der Waals surface area contributed by atoms with Crippen molar-refractivity contribution in [3.05, 3.63) is 51.0 Å². The van der Waals surface area contributed by atoms with E-state index in [-0.39, 0.29) is 5.56 Å². The smallest absolute Gasteiger partial charge is 0.335 e. The normalized spacial score (nSPS) is 10.6. The van der Waals surface area contributed by atoms with E-state index in [1.54, 1.807) is 12.1 Å². The van der Waals surface area contributed by atoms with Crippen LogP contribution in [0.25, 0.3) is 0 Å². The van der Waals surface area contributed by atoms with Crippen LogP contribution in [-0.2, 0) is 6.54 Å². The number of carbonyl (C=O) groups is 1. The SMILES string of the molecule is Cc1nc(Br)cn1Cc1ccc(C(=O)O)cc1Cl. The molecule has 0 amide bonds. The van der Waals surface area contributed by atoms with Gasteiger partial charge in [-0.2, -0.15) is 0 Å². The Hall–Kier alpha value is -1.33. The summed E-state index contributed by atoms with van der Waals surface area (Å²) in [6.07, 6.45) is 1.86. The van der Waals surface area contributed by atoms with E-state index in [0.29, 0.717) is 11.6 Å². The zero-order valence-corrected chi connectivity index (χ0v) is 11.9. The fraction of sp³-hybridized carbons (Fsp3) is 0.167. The third-order valence-corrected chi connectivity index (χ3v) is 3.32. The minimum Gasteiger partial charge on any atom is -0.478 e. The zero-order valence-electron chi connectivity index (χ0n) is 9.52. The van der Waals surface area contributed by atoms with Crippen LogP contribution in [0.3, 0.4) is 0 Å². The predicted octanol–water partition coefficient (Wildman–Crippen LogP) is 3.35. The first-order valence-corrected chi connectivity index (χ1v) is 6.35. The van der Waals surface area contributed by atoms with Gasteiger partial charge in [0.25, 0.3) is 0 Å². The van der Waals surface area contributed by atoms with Gasteiger partial charge in [0.15, 0.2) is 0 Å². The van der Waals surface area contributed by atoms with E-state index in [1.807, 2.05) is 17.7 Å². The van der Waals surface area contributed by atoms with E-state index in [4.69, 9.17) is 16.7 Å². The van der Waals surface area contributed by atoms with Crippen molar-refractivity contribution >= 4 is 33.5 Å². The summed E-state index contributed by atoms with van der Waals surface area (Å²) in [4.78, 5) is 15.0. The molecule has 1 aromatic carbocycles. The molecular weight excluding hydrogens is 320 g/mol. The second-order valence-electron chi connectivity index (χ2n) is 3.85. The number of benzene rings is 1. The Balaban J connectivity index is 2.30. The van der Waals surface area contributed by atoms with Gasteiger partial charge in [0.1, 0.15) is 10.4 Å². The van der Waals surface area contributed by atoms with E-state index >= 15 is 0 Å². The topological polar surface area (TPSA) is 55.1 Å². The van der Waals surface area contributed by atoms with Gasteiger partial charge in [0, 0.05) is 11.2 Å². The summed E-state index contributed by atoms with van der Waals surface area (Å²) < 4.78 is 2.70. The van der Waals surface area contributed by atoms with Crippen LogP contribution in [0.2, 0.25) is 5.02 Å². The molecule has 0 saturated carbocycles. The molecule has 2 rings (SSSR count). The maximum absolute atomic E-state index is 10.8. The van der Waals surface area contributed by atoms with Gasteiger partial charge in [-0.05, 0) is 40.5 Å². The number of hydrogen-bond donors (Lipinski definition) is 1. The molecule has 1 aromatic heterocycles. The highest BCUT2D eigenvalue weighted by Crippen LogP contribution is 2.20. The molecule has 1 N–H and O–H groups in total. The van der Waals surface area contributed by atoms with Crippen LogP contribution >= 0.6 is 27.5 Å². The molecule has 4 nitrogen and oxygen atoms in total. The third kappa shape index (κ3) is 2.73. The van der Waals surface area contributed by atoms with Crippen LogP contribution in [0.4, 0.5) is 0 Å². The van der Waals surface area contributed by atoms with E-state index in [2.05, 4.69) is 20.9 Å². The first-order valence-electron chi connectivity index (χ1n) is 5.18. The minimum absolute atomic E-state index is 0.187. The van der Waals surface area contributed by atoms with Crippen LogP contribution in [0, 0.1) is 6.92 Å². The number of imidazole rings is 1. The van der Waals surface area contributed by atoms with Gasteiger partial charge in [-0.15, -0.1) is 0 Å². The number of aromatic nitrogens is 2. The molecule has 2 aromatic rings. The van der Waals surface area contributed by atoms with E-state index in [0.717, 1.165) is 16.0 Å². The molecule has 0 bridgehead atoms. The Kier molecular flexibility index (Phi) is 3.73. The Morgan fingerprint density at radius 1 is 1.56 bits per heavy atom. The number of nitrogens with zero attached hydrogens (tertiary/aromatic N) is 2. The molecule has 1 heterocycles. The lowest BCUT2D eigenvalue weighted by Crippen LogP contribution is -2.03. The standard InChI is InChI=1S/C12H10BrClN2O2/c1-7-15-11(13)6-16(7)5-9-3-2-8(12(17)18)4-10(9)14/h2-4,6H,5H2,1H3,(H,17,18). The van der Waals surface area contributed by atoms with Crippen LogP contribution in [0.5, 0.6) is 0 Å². The fourth-order valence-electron chi connectivity index (χ4n) is 1.62. The summed E-state index contributed by atoms with van der Waals surface area (Å²) in [5.41, 5.74) is 1.04. The Morgan fingerprint density at radius 2 is 2.28 bits per heavy atom. The number of hydrogen-bond acceptors (Lipinski definition) is 2. The zero-order chi connectivity index (χ0) is 13.3. The number of rotatable bonds is 3.